The molecule has 1 N–H and O–H groups in total. The van der Waals surface area contributed by atoms with Crippen LogP contribution in [0.3, 0.4) is 0 Å². The van der Waals surface area contributed by atoms with Crippen molar-refractivity contribution >= 4 is 5.91 Å². The Labute approximate surface area is 160 Å². The standard InChI is InChI=1S/C20H19FN4O3/c1-3-24-19(27)17(18(26)22-12-14-7-9-15(21)10-8-14)23-25(20(24)28)16-6-4-5-13(2)11-16/h4-11H,3,12H2,1-2H3,(H,22,26). The van der Waals surface area contributed by atoms with Gasteiger partial charge in [-0.15, -0.1) is 0 Å². The van der Waals surface area contributed by atoms with Crippen LogP contribution in [-0.2, 0) is 13.1 Å². The van der Waals surface area contributed by atoms with Gasteiger partial charge in [0.05, 0.1) is 5.69 Å². The van der Waals surface area contributed by atoms with Crippen LogP contribution >= 0.6 is 0 Å². The maximum absolute atomic E-state index is 13.0. The summed E-state index contributed by atoms with van der Waals surface area (Å²) in [7, 11) is 0. The number of nitrogens with one attached hydrogen (secondary N) is 1. The zero-order valence-electron chi connectivity index (χ0n) is 15.5. The Morgan fingerprint density at radius 2 is 1.86 bits per heavy atom. The molecule has 2 aromatic carbocycles. The zero-order valence-corrected chi connectivity index (χ0v) is 15.5. The lowest BCUT2D eigenvalue weighted by molar-refractivity contribution is 0.0941. The number of rotatable bonds is 5. The third kappa shape index (κ3) is 3.90. The summed E-state index contributed by atoms with van der Waals surface area (Å²) >= 11 is 0. The van der Waals surface area contributed by atoms with E-state index < -0.39 is 17.2 Å². The monoisotopic (exact) mass is 382 g/mol. The second-order valence-electron chi connectivity index (χ2n) is 6.24. The number of hydrogen-bond donors (Lipinski definition) is 1. The molecule has 1 aromatic heterocycles. The lowest BCUT2D eigenvalue weighted by atomic mass is 10.2. The van der Waals surface area contributed by atoms with Gasteiger partial charge in [-0.2, -0.15) is 9.78 Å². The van der Waals surface area contributed by atoms with Crippen LogP contribution < -0.4 is 16.6 Å². The minimum Gasteiger partial charge on any atom is -0.346 e. The Morgan fingerprint density at radius 3 is 2.50 bits per heavy atom. The van der Waals surface area contributed by atoms with Crippen LogP contribution in [0.25, 0.3) is 5.69 Å². The van der Waals surface area contributed by atoms with Gasteiger partial charge in [0.15, 0.2) is 0 Å². The number of amides is 1. The first kappa shape index (κ1) is 19.2. The molecule has 3 rings (SSSR count). The smallest absolute Gasteiger partial charge is 0.346 e. The van der Waals surface area contributed by atoms with E-state index in [1.165, 1.54) is 24.3 Å². The summed E-state index contributed by atoms with van der Waals surface area (Å²) in [5.74, 6) is -1.09. The van der Waals surface area contributed by atoms with Crippen molar-refractivity contribution in [1.29, 1.82) is 0 Å². The highest BCUT2D eigenvalue weighted by molar-refractivity contribution is 5.91. The van der Waals surface area contributed by atoms with E-state index in [1.807, 2.05) is 13.0 Å². The number of hydrogen-bond acceptors (Lipinski definition) is 4. The SMILES string of the molecule is CCn1c(=O)c(C(=O)NCc2ccc(F)cc2)nn(-c2cccc(C)c2)c1=O. The predicted molar refractivity (Wildman–Crippen MR) is 102 cm³/mol. The molecule has 3 aromatic rings. The molecule has 0 aliphatic rings. The Bertz CT molecular complexity index is 1130. The van der Waals surface area contributed by atoms with E-state index >= 15 is 0 Å². The van der Waals surface area contributed by atoms with Gasteiger partial charge in [0.1, 0.15) is 5.82 Å². The fourth-order valence-corrected chi connectivity index (χ4v) is 2.73. The summed E-state index contributed by atoms with van der Waals surface area (Å²) < 4.78 is 15.0. The maximum Gasteiger partial charge on any atom is 0.352 e. The van der Waals surface area contributed by atoms with Gasteiger partial charge in [0.25, 0.3) is 11.5 Å². The normalized spacial score (nSPS) is 10.7. The highest BCUT2D eigenvalue weighted by Gasteiger charge is 2.19. The summed E-state index contributed by atoms with van der Waals surface area (Å²) in [5, 5.41) is 6.60. The fourth-order valence-electron chi connectivity index (χ4n) is 2.73. The minimum atomic E-state index is -0.756. The second-order valence-corrected chi connectivity index (χ2v) is 6.24. The van der Waals surface area contributed by atoms with Crippen molar-refractivity contribution in [2.24, 2.45) is 0 Å². The number of aromatic nitrogens is 3. The molecule has 0 saturated carbocycles. The van der Waals surface area contributed by atoms with E-state index in [-0.39, 0.29) is 24.6 Å². The molecule has 0 aliphatic carbocycles. The van der Waals surface area contributed by atoms with Crippen LogP contribution in [-0.4, -0.2) is 20.3 Å². The van der Waals surface area contributed by atoms with Gasteiger partial charge < -0.3 is 5.32 Å². The van der Waals surface area contributed by atoms with Crippen molar-refractivity contribution < 1.29 is 9.18 Å². The largest absolute Gasteiger partial charge is 0.352 e. The van der Waals surface area contributed by atoms with Crippen molar-refractivity contribution in [3.8, 4) is 5.69 Å². The maximum atomic E-state index is 13.0. The highest BCUT2D eigenvalue weighted by Crippen LogP contribution is 2.07. The van der Waals surface area contributed by atoms with Crippen LogP contribution in [0.5, 0.6) is 0 Å². The van der Waals surface area contributed by atoms with E-state index in [9.17, 15) is 18.8 Å². The molecule has 0 aliphatic heterocycles. The van der Waals surface area contributed by atoms with Crippen LogP contribution in [0.1, 0.15) is 28.5 Å². The molecule has 8 heteroatoms. The number of halogens is 1. The summed E-state index contributed by atoms with van der Waals surface area (Å²) in [6, 6.07) is 12.6. The van der Waals surface area contributed by atoms with Crippen LogP contribution in [0, 0.1) is 12.7 Å². The van der Waals surface area contributed by atoms with E-state index in [0.717, 1.165) is 14.8 Å². The van der Waals surface area contributed by atoms with Gasteiger partial charge in [-0.05, 0) is 49.2 Å². The molecule has 28 heavy (non-hydrogen) atoms. The average Bonchev–Trinajstić information content (AvgIpc) is 2.68. The van der Waals surface area contributed by atoms with E-state index in [1.54, 1.807) is 25.1 Å². The molecule has 0 atom stereocenters. The van der Waals surface area contributed by atoms with Crippen molar-refractivity contribution in [1.82, 2.24) is 19.7 Å². The van der Waals surface area contributed by atoms with Gasteiger partial charge in [-0.1, -0.05) is 24.3 Å². The highest BCUT2D eigenvalue weighted by atomic mass is 19.1. The molecule has 0 unspecified atom stereocenters. The first-order valence-electron chi connectivity index (χ1n) is 8.74. The second kappa shape index (κ2) is 7.99. The van der Waals surface area contributed by atoms with Crippen molar-refractivity contribution in [3.63, 3.8) is 0 Å². The summed E-state index contributed by atoms with van der Waals surface area (Å²) in [6.45, 7) is 3.70. The van der Waals surface area contributed by atoms with E-state index in [2.05, 4.69) is 10.4 Å². The minimum absolute atomic E-state index is 0.0932. The van der Waals surface area contributed by atoms with Crippen molar-refractivity contribution in [2.75, 3.05) is 0 Å². The molecule has 0 radical (unpaired) electrons. The lowest BCUT2D eigenvalue weighted by Crippen LogP contribution is -2.45. The van der Waals surface area contributed by atoms with Crippen LogP contribution in [0.15, 0.2) is 58.1 Å². The molecule has 144 valence electrons. The lowest BCUT2D eigenvalue weighted by Gasteiger charge is -2.11. The molecular formula is C20H19FN4O3. The van der Waals surface area contributed by atoms with Crippen LogP contribution in [0.2, 0.25) is 0 Å². The summed E-state index contributed by atoms with van der Waals surface area (Å²) in [4.78, 5) is 37.7. The summed E-state index contributed by atoms with van der Waals surface area (Å²) in [5.41, 5.74) is 0.270. The third-order valence-corrected chi connectivity index (χ3v) is 4.20. The first-order chi connectivity index (χ1) is 13.4. The predicted octanol–water partition coefficient (Wildman–Crippen LogP) is 1.79. The first-order valence-corrected chi connectivity index (χ1v) is 8.74. The topological polar surface area (TPSA) is 86.0 Å². The Kier molecular flexibility index (Phi) is 5.49. The zero-order chi connectivity index (χ0) is 20.3. The molecule has 0 spiro atoms. The van der Waals surface area contributed by atoms with Gasteiger partial charge in [0, 0.05) is 13.1 Å². The van der Waals surface area contributed by atoms with E-state index in [4.69, 9.17) is 0 Å². The van der Waals surface area contributed by atoms with Gasteiger partial charge >= 0.3 is 5.69 Å². The Morgan fingerprint density at radius 1 is 1.14 bits per heavy atom. The number of nitrogens with zero attached hydrogens (tertiary/aromatic N) is 3. The average molecular weight is 382 g/mol. The molecule has 7 nitrogen and oxygen atoms in total. The molecular weight excluding hydrogens is 363 g/mol. The Hall–Kier alpha value is -3.55. The number of carbonyl (C=O) groups excluding carboxylic acids is 1. The number of aryl methyl sites for hydroxylation is 1. The van der Waals surface area contributed by atoms with Gasteiger partial charge in [0.2, 0.25) is 5.69 Å². The van der Waals surface area contributed by atoms with Gasteiger partial charge in [-0.3, -0.25) is 14.2 Å². The third-order valence-electron chi connectivity index (χ3n) is 4.20. The van der Waals surface area contributed by atoms with E-state index in [0.29, 0.717) is 11.3 Å². The number of benzene rings is 2. The molecule has 1 amide bonds. The van der Waals surface area contributed by atoms with Crippen molar-refractivity contribution in [3.05, 3.63) is 92.0 Å². The molecule has 0 saturated heterocycles. The van der Waals surface area contributed by atoms with Gasteiger partial charge in [-0.25, -0.2) is 9.18 Å². The fraction of sp³-hybridized carbons (Fsp3) is 0.200. The van der Waals surface area contributed by atoms with Crippen molar-refractivity contribution in [2.45, 2.75) is 26.9 Å². The van der Waals surface area contributed by atoms with Crippen LogP contribution in [0.4, 0.5) is 4.39 Å². The summed E-state index contributed by atoms with van der Waals surface area (Å²) in [6.07, 6.45) is 0. The molecule has 0 bridgehead atoms. The molecule has 1 heterocycles. The quantitative estimate of drug-likeness (QED) is 0.729. The Balaban J connectivity index is 1.99. The number of carbonyl (C=O) groups is 1. The molecule has 0 fully saturated rings.